The molecule has 6 heteroatoms. The van der Waals surface area contributed by atoms with Crippen molar-refractivity contribution in [2.24, 2.45) is 0 Å². The van der Waals surface area contributed by atoms with Crippen molar-refractivity contribution in [2.45, 2.75) is 13.3 Å². The van der Waals surface area contributed by atoms with E-state index in [9.17, 15) is 0 Å². The fraction of sp³-hybridized carbons (Fsp3) is 0.0909. The zero-order valence-electron chi connectivity index (χ0n) is 15.0. The van der Waals surface area contributed by atoms with Crippen molar-refractivity contribution in [3.05, 3.63) is 89.2 Å². The third-order valence-electron chi connectivity index (χ3n) is 4.27. The third-order valence-corrected chi connectivity index (χ3v) is 5.10. The van der Waals surface area contributed by atoms with Crippen molar-refractivity contribution in [1.29, 1.82) is 0 Å². The maximum atomic E-state index is 5.80. The van der Waals surface area contributed by atoms with Crippen LogP contribution in [0.5, 0.6) is 0 Å². The molecular formula is C22H17N3Ni2O. The minimum atomic E-state index is 0.389. The molecule has 4 rings (SSSR count). The maximum absolute atomic E-state index is 5.80. The second-order valence-corrected chi connectivity index (χ2v) is 7.43. The summed E-state index contributed by atoms with van der Waals surface area (Å²) in [6, 6.07) is 18.1. The van der Waals surface area contributed by atoms with E-state index in [0.29, 0.717) is 17.1 Å². The van der Waals surface area contributed by atoms with Gasteiger partial charge in [-0.2, -0.15) is 0 Å². The Morgan fingerprint density at radius 2 is 1.75 bits per heavy atom. The molecule has 0 atom stereocenters. The van der Waals surface area contributed by atoms with E-state index in [-0.39, 0.29) is 0 Å². The summed E-state index contributed by atoms with van der Waals surface area (Å²) in [5, 5.41) is 3.13. The van der Waals surface area contributed by atoms with Crippen molar-refractivity contribution in [3.8, 4) is 0 Å². The molecule has 146 valence electrons. The monoisotopic (exact) mass is 455 g/mol. The van der Waals surface area contributed by atoms with Crippen molar-refractivity contribution in [2.75, 3.05) is 5.32 Å². The fourth-order valence-corrected chi connectivity index (χ4v) is 3.62. The van der Waals surface area contributed by atoms with E-state index in [1.165, 1.54) is 0 Å². The van der Waals surface area contributed by atoms with E-state index >= 15 is 0 Å². The molecule has 2 aromatic heterocycles. The van der Waals surface area contributed by atoms with Gasteiger partial charge >= 0.3 is 179 Å². The van der Waals surface area contributed by atoms with Crippen molar-refractivity contribution in [3.63, 3.8) is 0 Å². The Labute approximate surface area is 178 Å². The third kappa shape index (κ3) is 4.19. The topological polar surface area (TPSA) is 51.0 Å². The number of aryl methyl sites for hydroxylation is 1. The molecule has 2 heterocycles. The van der Waals surface area contributed by atoms with Crippen molar-refractivity contribution >= 4 is 26.2 Å². The molecule has 4 nitrogen and oxygen atoms in total. The van der Waals surface area contributed by atoms with E-state index in [2.05, 4.69) is 15.3 Å². The molecule has 0 saturated heterocycles. The van der Waals surface area contributed by atoms with Gasteiger partial charge in [0.2, 0.25) is 0 Å². The Morgan fingerprint density at radius 1 is 1.00 bits per heavy atom. The standard InChI is InChI=1S/C22H17N3O.2Ni/c1-16-6-9-20-21(14-16)26-22(25-20)24-15-19-5-3-2-4-18(19)8-7-17-10-12-23-13-11-17;;/h2-6,9-14H,7H2,1H3,(H,24,25);;. The van der Waals surface area contributed by atoms with Crippen LogP contribution in [0.1, 0.15) is 22.3 Å². The number of nitrogens with one attached hydrogen (secondary N) is 1. The quantitative estimate of drug-likeness (QED) is 0.446. The number of pyridine rings is 1. The summed E-state index contributed by atoms with van der Waals surface area (Å²) >= 11 is 10.6. The van der Waals surface area contributed by atoms with Gasteiger partial charge in [0.15, 0.2) is 0 Å². The summed E-state index contributed by atoms with van der Waals surface area (Å²) in [6.07, 6.45) is 4.23. The van der Waals surface area contributed by atoms with Crippen LogP contribution < -0.4 is 5.32 Å². The second-order valence-electron chi connectivity index (χ2n) is 6.34. The molecule has 0 saturated carbocycles. The SMILES string of the molecule is Cc1ccc2nc(N[C](=[Ni])c3ccccc3[C](=[Ni])Cc3ccncc3)oc2c1. The summed E-state index contributed by atoms with van der Waals surface area (Å²) < 4.78 is 7.24. The van der Waals surface area contributed by atoms with Crippen LogP contribution in [0.2, 0.25) is 0 Å². The van der Waals surface area contributed by atoms with Gasteiger partial charge < -0.3 is 0 Å². The Kier molecular flexibility index (Phi) is 5.61. The Balaban J connectivity index is 1.58. The number of hydrogen-bond donors (Lipinski definition) is 1. The normalized spacial score (nSPS) is 10.9. The van der Waals surface area contributed by atoms with Crippen molar-refractivity contribution in [1.82, 2.24) is 9.97 Å². The molecule has 0 spiro atoms. The molecule has 0 aliphatic rings. The second kappa shape index (κ2) is 8.30. The van der Waals surface area contributed by atoms with Crippen LogP contribution in [0.25, 0.3) is 11.1 Å². The summed E-state index contributed by atoms with van der Waals surface area (Å²) in [7, 11) is 0. The van der Waals surface area contributed by atoms with Crippen LogP contribution in [0.15, 0.2) is 71.4 Å². The van der Waals surface area contributed by atoms with E-state index in [0.717, 1.165) is 37.8 Å². The average Bonchev–Trinajstić information content (AvgIpc) is 3.10. The van der Waals surface area contributed by atoms with Gasteiger partial charge in [0, 0.05) is 0 Å². The van der Waals surface area contributed by atoms with Gasteiger partial charge in [-0.15, -0.1) is 0 Å². The number of hydrogen-bond acceptors (Lipinski definition) is 4. The van der Waals surface area contributed by atoms with Gasteiger partial charge in [-0.05, 0) is 0 Å². The first-order valence-corrected chi connectivity index (χ1v) is 9.69. The predicted octanol–water partition coefficient (Wildman–Crippen LogP) is 3.98. The molecule has 0 bridgehead atoms. The van der Waals surface area contributed by atoms with Gasteiger partial charge in [-0.1, -0.05) is 0 Å². The molecule has 0 aliphatic carbocycles. The first-order valence-electron chi connectivity index (χ1n) is 8.70. The van der Waals surface area contributed by atoms with Gasteiger partial charge in [0.25, 0.3) is 0 Å². The van der Waals surface area contributed by atoms with E-state index in [1.54, 1.807) is 12.4 Å². The molecule has 28 heavy (non-hydrogen) atoms. The van der Waals surface area contributed by atoms with E-state index < -0.39 is 0 Å². The summed E-state index contributed by atoms with van der Waals surface area (Å²) in [6.45, 7) is 2.02. The number of rotatable bonds is 6. The molecule has 2 aromatic carbocycles. The van der Waals surface area contributed by atoms with Gasteiger partial charge in [-0.3, -0.25) is 0 Å². The number of oxazole rings is 1. The Hall–Kier alpha value is -2.41. The predicted molar refractivity (Wildman–Crippen MR) is 105 cm³/mol. The van der Waals surface area contributed by atoms with Crippen LogP contribution in [0.4, 0.5) is 6.01 Å². The molecule has 0 amide bonds. The molecule has 4 aromatic rings. The number of anilines is 1. The van der Waals surface area contributed by atoms with E-state index in [4.69, 9.17) is 34.5 Å². The van der Waals surface area contributed by atoms with Crippen LogP contribution in [0, 0.1) is 6.92 Å². The van der Waals surface area contributed by atoms with E-state index in [1.807, 2.05) is 61.5 Å². The van der Waals surface area contributed by atoms with Gasteiger partial charge in [0.05, 0.1) is 0 Å². The average molecular weight is 457 g/mol. The summed E-state index contributed by atoms with van der Waals surface area (Å²) in [4.78, 5) is 8.52. The molecule has 0 radical (unpaired) electrons. The number of nitrogens with zero attached hydrogens (tertiary/aromatic N) is 2. The zero-order valence-corrected chi connectivity index (χ0v) is 17.0. The Morgan fingerprint density at radius 3 is 2.54 bits per heavy atom. The van der Waals surface area contributed by atoms with Crippen LogP contribution in [-0.4, -0.2) is 19.1 Å². The van der Waals surface area contributed by atoms with Crippen LogP contribution in [-0.2, 0) is 36.5 Å². The molecule has 0 aliphatic heterocycles. The molecule has 1 N–H and O–H groups in total. The number of aromatic nitrogens is 2. The molecule has 0 unspecified atom stereocenters. The molecule has 0 fully saturated rings. The van der Waals surface area contributed by atoms with Crippen LogP contribution in [0.3, 0.4) is 0 Å². The minimum absolute atomic E-state index is 0.389. The number of benzene rings is 2. The summed E-state index contributed by atoms with van der Waals surface area (Å²) in [5.74, 6) is 0. The summed E-state index contributed by atoms with van der Waals surface area (Å²) in [5.41, 5.74) is 5.62. The Bertz CT molecular complexity index is 1170. The molecular weight excluding hydrogens is 440 g/mol. The fourth-order valence-electron chi connectivity index (χ4n) is 2.89. The zero-order chi connectivity index (χ0) is 19.5. The first-order chi connectivity index (χ1) is 13.6. The van der Waals surface area contributed by atoms with Crippen LogP contribution >= 0.6 is 0 Å². The van der Waals surface area contributed by atoms with Gasteiger partial charge in [-0.25, -0.2) is 0 Å². The van der Waals surface area contributed by atoms with Crippen molar-refractivity contribution < 1.29 is 34.5 Å². The van der Waals surface area contributed by atoms with Gasteiger partial charge in [0.1, 0.15) is 0 Å². The number of fused-ring (bicyclic) bond motifs is 1. The first kappa shape index (κ1) is 18.9.